The first-order valence-electron chi connectivity index (χ1n) is 6.18. The van der Waals surface area contributed by atoms with Crippen LogP contribution < -0.4 is 5.32 Å². The second kappa shape index (κ2) is 6.75. The maximum atomic E-state index is 11.8. The lowest BCUT2D eigenvalue weighted by molar-refractivity contribution is -0.116. The van der Waals surface area contributed by atoms with Crippen LogP contribution in [0.25, 0.3) is 0 Å². The van der Waals surface area contributed by atoms with Gasteiger partial charge in [0.05, 0.1) is 12.9 Å². The van der Waals surface area contributed by atoms with Crippen molar-refractivity contribution in [3.8, 4) is 0 Å². The zero-order chi connectivity index (χ0) is 13.5. The zero-order valence-corrected chi connectivity index (χ0v) is 10.9. The van der Waals surface area contributed by atoms with E-state index in [1.54, 1.807) is 13.4 Å². The molecule has 2 rings (SSSR count). The van der Waals surface area contributed by atoms with Crippen LogP contribution in [0.4, 0.5) is 5.69 Å². The molecule has 0 spiro atoms. The molecule has 0 aliphatic carbocycles. The number of methoxy groups -OCH3 is 1. The topological polar surface area (TPSA) is 51.5 Å². The molecule has 0 saturated heterocycles. The van der Waals surface area contributed by atoms with E-state index < -0.39 is 0 Å². The van der Waals surface area contributed by atoms with Gasteiger partial charge in [0, 0.05) is 25.6 Å². The van der Waals surface area contributed by atoms with E-state index in [-0.39, 0.29) is 5.91 Å². The van der Waals surface area contributed by atoms with Gasteiger partial charge < -0.3 is 14.5 Å². The molecule has 0 aliphatic rings. The molecule has 0 atom stereocenters. The maximum absolute atomic E-state index is 11.8. The van der Waals surface area contributed by atoms with Crippen LogP contribution >= 0.6 is 0 Å². The first-order valence-corrected chi connectivity index (χ1v) is 6.18. The number of amides is 1. The van der Waals surface area contributed by atoms with Crippen LogP contribution in [-0.4, -0.2) is 13.0 Å². The number of carbonyl (C=O) groups excluding carboxylic acids is 1. The first-order chi connectivity index (χ1) is 9.28. The molecular weight excluding hydrogens is 242 g/mol. The van der Waals surface area contributed by atoms with E-state index in [2.05, 4.69) is 5.32 Å². The summed E-state index contributed by atoms with van der Waals surface area (Å²) in [6, 6.07) is 11.3. The van der Waals surface area contributed by atoms with Gasteiger partial charge in [0.1, 0.15) is 5.76 Å². The van der Waals surface area contributed by atoms with Crippen LogP contribution in [-0.2, 0) is 22.6 Å². The maximum Gasteiger partial charge on any atom is 0.224 e. The Morgan fingerprint density at radius 3 is 2.95 bits per heavy atom. The number of hydrogen-bond acceptors (Lipinski definition) is 3. The minimum atomic E-state index is -0.0223. The highest BCUT2D eigenvalue weighted by Gasteiger charge is 2.05. The van der Waals surface area contributed by atoms with E-state index in [9.17, 15) is 4.79 Å². The lowest BCUT2D eigenvalue weighted by Crippen LogP contribution is -2.12. The fourth-order valence-corrected chi connectivity index (χ4v) is 1.82. The van der Waals surface area contributed by atoms with Crippen molar-refractivity contribution in [1.82, 2.24) is 0 Å². The average Bonchev–Trinajstić information content (AvgIpc) is 2.90. The van der Waals surface area contributed by atoms with E-state index in [4.69, 9.17) is 9.15 Å². The van der Waals surface area contributed by atoms with Gasteiger partial charge in [-0.15, -0.1) is 0 Å². The summed E-state index contributed by atoms with van der Waals surface area (Å²) in [7, 11) is 1.65. The number of benzene rings is 1. The summed E-state index contributed by atoms with van der Waals surface area (Å²) in [6.07, 6.45) is 2.63. The third-order valence-electron chi connectivity index (χ3n) is 2.70. The summed E-state index contributed by atoms with van der Waals surface area (Å²) < 4.78 is 10.2. The molecule has 1 N–H and O–H groups in total. The average molecular weight is 259 g/mol. The Bertz CT molecular complexity index is 520. The van der Waals surface area contributed by atoms with Gasteiger partial charge in [0.15, 0.2) is 0 Å². The molecule has 0 fully saturated rings. The lowest BCUT2D eigenvalue weighted by atomic mass is 10.2. The third kappa shape index (κ3) is 4.26. The first kappa shape index (κ1) is 13.4. The number of ether oxygens (including phenoxy) is 1. The van der Waals surface area contributed by atoms with Gasteiger partial charge in [-0.1, -0.05) is 12.1 Å². The molecule has 1 aromatic carbocycles. The molecule has 0 radical (unpaired) electrons. The number of carbonyl (C=O) groups is 1. The largest absolute Gasteiger partial charge is 0.469 e. The van der Waals surface area contributed by atoms with Crippen molar-refractivity contribution in [2.75, 3.05) is 12.4 Å². The van der Waals surface area contributed by atoms with Gasteiger partial charge in [-0.3, -0.25) is 4.79 Å². The van der Waals surface area contributed by atoms with Crippen LogP contribution in [0.3, 0.4) is 0 Å². The Morgan fingerprint density at radius 2 is 2.21 bits per heavy atom. The molecule has 0 bridgehead atoms. The van der Waals surface area contributed by atoms with E-state index in [0.717, 1.165) is 17.0 Å². The van der Waals surface area contributed by atoms with Gasteiger partial charge in [0.25, 0.3) is 0 Å². The number of anilines is 1. The predicted molar refractivity (Wildman–Crippen MR) is 72.8 cm³/mol. The fourth-order valence-electron chi connectivity index (χ4n) is 1.82. The quantitative estimate of drug-likeness (QED) is 0.867. The Kier molecular flexibility index (Phi) is 4.75. The summed E-state index contributed by atoms with van der Waals surface area (Å²) in [4.78, 5) is 11.8. The molecule has 0 saturated carbocycles. The summed E-state index contributed by atoms with van der Waals surface area (Å²) in [5.74, 6) is 0.800. The van der Waals surface area contributed by atoms with Crippen LogP contribution in [0.15, 0.2) is 47.1 Å². The molecule has 1 aromatic heterocycles. The normalized spacial score (nSPS) is 10.4. The van der Waals surface area contributed by atoms with Crippen molar-refractivity contribution in [3.63, 3.8) is 0 Å². The van der Waals surface area contributed by atoms with Gasteiger partial charge in [0.2, 0.25) is 5.91 Å². The zero-order valence-electron chi connectivity index (χ0n) is 10.9. The van der Waals surface area contributed by atoms with Gasteiger partial charge in [-0.05, 0) is 29.8 Å². The van der Waals surface area contributed by atoms with Crippen LogP contribution in [0, 0.1) is 0 Å². The minimum Gasteiger partial charge on any atom is -0.469 e. The molecule has 4 nitrogen and oxygen atoms in total. The van der Waals surface area contributed by atoms with Crippen molar-refractivity contribution >= 4 is 11.6 Å². The van der Waals surface area contributed by atoms with Crippen molar-refractivity contribution in [1.29, 1.82) is 0 Å². The smallest absolute Gasteiger partial charge is 0.224 e. The Morgan fingerprint density at radius 1 is 1.32 bits per heavy atom. The molecule has 100 valence electrons. The van der Waals surface area contributed by atoms with Crippen LogP contribution in [0.2, 0.25) is 0 Å². The minimum absolute atomic E-state index is 0.0223. The number of hydrogen-bond donors (Lipinski definition) is 1. The highest BCUT2D eigenvalue weighted by atomic mass is 16.5. The van der Waals surface area contributed by atoms with Crippen molar-refractivity contribution in [2.45, 2.75) is 19.4 Å². The Balaban J connectivity index is 1.86. The molecule has 19 heavy (non-hydrogen) atoms. The van der Waals surface area contributed by atoms with E-state index in [1.165, 1.54) is 0 Å². The highest BCUT2D eigenvalue weighted by molar-refractivity contribution is 5.90. The van der Waals surface area contributed by atoms with E-state index >= 15 is 0 Å². The molecule has 0 unspecified atom stereocenters. The highest BCUT2D eigenvalue weighted by Crippen LogP contribution is 2.12. The molecule has 1 heterocycles. The van der Waals surface area contributed by atoms with Gasteiger partial charge in [-0.25, -0.2) is 0 Å². The summed E-state index contributed by atoms with van der Waals surface area (Å²) >= 11 is 0. The molecule has 4 heteroatoms. The van der Waals surface area contributed by atoms with Crippen LogP contribution in [0.5, 0.6) is 0 Å². The summed E-state index contributed by atoms with van der Waals surface area (Å²) in [6.45, 7) is 0.538. The van der Waals surface area contributed by atoms with E-state index in [0.29, 0.717) is 19.4 Å². The van der Waals surface area contributed by atoms with E-state index in [1.807, 2.05) is 36.4 Å². The van der Waals surface area contributed by atoms with Crippen molar-refractivity contribution in [3.05, 3.63) is 54.0 Å². The van der Waals surface area contributed by atoms with Gasteiger partial charge in [-0.2, -0.15) is 0 Å². The Hall–Kier alpha value is -2.07. The fraction of sp³-hybridized carbons (Fsp3) is 0.267. The summed E-state index contributed by atoms with van der Waals surface area (Å²) in [5.41, 5.74) is 1.82. The lowest BCUT2D eigenvalue weighted by Gasteiger charge is -2.06. The van der Waals surface area contributed by atoms with Crippen molar-refractivity contribution < 1.29 is 13.9 Å². The SMILES string of the molecule is COCc1cccc(NC(=O)CCc2ccco2)c1. The van der Waals surface area contributed by atoms with Crippen LogP contribution in [0.1, 0.15) is 17.7 Å². The summed E-state index contributed by atoms with van der Waals surface area (Å²) in [5, 5.41) is 2.87. The monoisotopic (exact) mass is 259 g/mol. The standard InChI is InChI=1S/C15H17NO3/c1-18-11-12-4-2-5-13(10-12)16-15(17)8-7-14-6-3-9-19-14/h2-6,9-10H,7-8,11H2,1H3,(H,16,17). The predicted octanol–water partition coefficient (Wildman–Crippen LogP) is 3.00. The second-order valence-electron chi connectivity index (χ2n) is 4.26. The molecule has 1 amide bonds. The van der Waals surface area contributed by atoms with Crippen molar-refractivity contribution in [2.24, 2.45) is 0 Å². The molecule has 0 aliphatic heterocycles. The van der Waals surface area contributed by atoms with Gasteiger partial charge >= 0.3 is 0 Å². The number of furan rings is 1. The number of rotatable bonds is 6. The third-order valence-corrected chi connectivity index (χ3v) is 2.70. The number of aryl methyl sites for hydroxylation is 1. The second-order valence-corrected chi connectivity index (χ2v) is 4.26. The Labute approximate surface area is 112 Å². The molecular formula is C15H17NO3. The number of nitrogens with one attached hydrogen (secondary N) is 1. The molecule has 2 aromatic rings.